The van der Waals surface area contributed by atoms with Gasteiger partial charge in [-0.2, -0.15) is 0 Å². The summed E-state index contributed by atoms with van der Waals surface area (Å²) >= 11 is 0. The molecule has 12 heteroatoms. The summed E-state index contributed by atoms with van der Waals surface area (Å²) in [6.45, 7) is 8.71. The maximum Gasteiger partial charge on any atom is 0.255 e. The van der Waals surface area contributed by atoms with Crippen molar-refractivity contribution in [2.75, 3.05) is 26.4 Å². The molecule has 12 nitrogen and oxygen atoms in total. The lowest BCUT2D eigenvalue weighted by atomic mass is 9.93. The Morgan fingerprint density at radius 3 is 2.37 bits per heavy atom. The van der Waals surface area contributed by atoms with E-state index in [9.17, 15) is 24.0 Å². The zero-order valence-electron chi connectivity index (χ0n) is 28.8. The fraction of sp³-hybridized carbons (Fsp3) is 0.541. The third kappa shape index (κ3) is 9.17. The zero-order chi connectivity index (χ0) is 35.1. The summed E-state index contributed by atoms with van der Waals surface area (Å²) in [5, 5.41) is 8.58. The van der Waals surface area contributed by atoms with E-state index >= 15 is 0 Å². The monoisotopic (exact) mass is 676 g/mol. The van der Waals surface area contributed by atoms with Crippen LogP contribution in [-0.4, -0.2) is 90.4 Å². The minimum Gasteiger partial charge on any atom is -0.494 e. The molecule has 2 bridgehead atoms. The largest absolute Gasteiger partial charge is 0.494 e. The first kappa shape index (κ1) is 35.8. The summed E-state index contributed by atoms with van der Waals surface area (Å²) in [4.78, 5) is 69.5. The molecule has 264 valence electrons. The Kier molecular flexibility index (Phi) is 11.6. The number of nitrogens with one attached hydrogen (secondary N) is 3. The fourth-order valence-corrected chi connectivity index (χ4v) is 6.27. The van der Waals surface area contributed by atoms with Gasteiger partial charge in [-0.1, -0.05) is 38.1 Å². The van der Waals surface area contributed by atoms with Gasteiger partial charge in [-0.15, -0.1) is 0 Å². The molecule has 0 aromatic heterocycles. The number of para-hydroxylation sites is 1. The first-order valence-electron chi connectivity index (χ1n) is 17.3. The van der Waals surface area contributed by atoms with Crippen LogP contribution in [0.3, 0.4) is 0 Å². The summed E-state index contributed by atoms with van der Waals surface area (Å²) in [5.74, 6) is -0.837. The smallest absolute Gasteiger partial charge is 0.255 e. The Morgan fingerprint density at radius 1 is 0.980 bits per heavy atom. The van der Waals surface area contributed by atoms with Gasteiger partial charge in [0.15, 0.2) is 5.78 Å². The molecular formula is C37H48N4O8. The van der Waals surface area contributed by atoms with E-state index in [-0.39, 0.29) is 18.1 Å². The number of Topliss-reactive ketones (excluding diaryl/α,β-unsaturated/α-hetero) is 1. The molecule has 49 heavy (non-hydrogen) atoms. The standard InChI is InChI=1S/C37H48N4O8/c1-23(2)20-28(32(42)37(4)22-49-37)39-34(44)29-21-25-13-15-26(16-14-25)47-18-7-8-19-48-31-12-6-5-10-27(31)33(43)38-24(3)36(46)41-17-9-11-30(41)35(45)40-29/h5-6,10,12-16,23-24,28-30H,7-9,11,17-22H2,1-4H3,(H,38,43)(H,39,44)(H,40,45)/t24-,28-,29-,30-,37+/m0/s1. The number of fused-ring (bicyclic) bond motifs is 13. The third-order valence-corrected chi connectivity index (χ3v) is 9.19. The Balaban J connectivity index is 1.39. The molecule has 3 N–H and O–H groups in total. The molecule has 2 fully saturated rings. The van der Waals surface area contributed by atoms with Crippen LogP contribution >= 0.6 is 0 Å². The maximum atomic E-state index is 13.9. The fourth-order valence-electron chi connectivity index (χ4n) is 6.27. The van der Waals surface area contributed by atoms with E-state index in [4.69, 9.17) is 14.2 Å². The molecule has 0 aliphatic carbocycles. The van der Waals surface area contributed by atoms with E-state index in [2.05, 4.69) is 16.0 Å². The summed E-state index contributed by atoms with van der Waals surface area (Å²) in [6.07, 6.45) is 2.97. The molecular weight excluding hydrogens is 628 g/mol. The molecule has 0 radical (unpaired) electrons. The lowest BCUT2D eigenvalue weighted by molar-refractivity contribution is -0.140. The second-order valence-electron chi connectivity index (χ2n) is 13.8. The van der Waals surface area contributed by atoms with Gasteiger partial charge in [0, 0.05) is 13.0 Å². The van der Waals surface area contributed by atoms with Crippen molar-refractivity contribution in [1.29, 1.82) is 0 Å². The number of carbonyl (C=O) groups excluding carboxylic acids is 5. The lowest BCUT2D eigenvalue weighted by Gasteiger charge is -2.29. The number of amides is 4. The van der Waals surface area contributed by atoms with Crippen molar-refractivity contribution in [3.05, 3.63) is 59.7 Å². The van der Waals surface area contributed by atoms with Crippen molar-refractivity contribution in [3.63, 3.8) is 0 Å². The Bertz CT molecular complexity index is 1520. The quantitative estimate of drug-likeness (QED) is 0.395. The highest BCUT2D eigenvalue weighted by Gasteiger charge is 2.50. The van der Waals surface area contributed by atoms with Crippen molar-refractivity contribution in [2.45, 2.75) is 96.0 Å². The summed E-state index contributed by atoms with van der Waals surface area (Å²) in [5.41, 5.74) is 0.162. The first-order valence-corrected chi connectivity index (χ1v) is 17.3. The van der Waals surface area contributed by atoms with Crippen molar-refractivity contribution < 1.29 is 38.2 Å². The van der Waals surface area contributed by atoms with Crippen molar-refractivity contribution in [1.82, 2.24) is 20.9 Å². The number of ketones is 1. The Labute approximate surface area is 287 Å². The van der Waals surface area contributed by atoms with Gasteiger partial charge in [0.2, 0.25) is 17.7 Å². The normalized spacial score (nSPS) is 25.7. The molecule has 0 saturated carbocycles. The predicted molar refractivity (Wildman–Crippen MR) is 181 cm³/mol. The topological polar surface area (TPSA) is 156 Å². The number of carbonyl (C=O) groups is 5. The van der Waals surface area contributed by atoms with Crippen LogP contribution in [-0.2, 0) is 30.3 Å². The molecule has 5 atom stereocenters. The number of benzene rings is 2. The van der Waals surface area contributed by atoms with Gasteiger partial charge >= 0.3 is 0 Å². The molecule has 4 heterocycles. The average molecular weight is 677 g/mol. The SMILES string of the molecule is CC(C)C[C@H](NC(=O)[C@@H]1Cc2ccc(cc2)OCCCCOc2ccccc2C(=O)N[C@@H](C)C(=O)N2CCC[C@H]2C(=O)N1)C(=O)[C@@]1(C)CO1. The lowest BCUT2D eigenvalue weighted by Crippen LogP contribution is -2.58. The van der Waals surface area contributed by atoms with Gasteiger partial charge in [-0.05, 0) is 81.7 Å². The van der Waals surface area contributed by atoms with Crippen LogP contribution < -0.4 is 25.4 Å². The molecule has 2 aromatic rings. The highest BCUT2D eigenvalue weighted by atomic mass is 16.6. The van der Waals surface area contributed by atoms with Gasteiger partial charge in [-0.3, -0.25) is 24.0 Å². The van der Waals surface area contributed by atoms with Crippen LogP contribution in [0.1, 0.15) is 75.7 Å². The van der Waals surface area contributed by atoms with E-state index < -0.39 is 53.4 Å². The number of rotatable bonds is 6. The van der Waals surface area contributed by atoms with Crippen molar-refractivity contribution in [2.24, 2.45) is 5.92 Å². The van der Waals surface area contributed by atoms with Crippen LogP contribution in [0.4, 0.5) is 0 Å². The minimum absolute atomic E-state index is 0.118. The van der Waals surface area contributed by atoms with E-state index in [1.165, 1.54) is 4.90 Å². The van der Waals surface area contributed by atoms with E-state index in [0.717, 1.165) is 5.56 Å². The second-order valence-corrected chi connectivity index (χ2v) is 13.8. The summed E-state index contributed by atoms with van der Waals surface area (Å²) < 4.78 is 17.2. The average Bonchev–Trinajstić information content (AvgIpc) is 3.63. The Hall–Kier alpha value is -4.45. The zero-order valence-corrected chi connectivity index (χ0v) is 28.8. The van der Waals surface area contributed by atoms with Gasteiger partial charge in [-0.25, -0.2) is 0 Å². The molecule has 2 saturated heterocycles. The van der Waals surface area contributed by atoms with Gasteiger partial charge in [0.05, 0.1) is 31.4 Å². The number of hydrogen-bond acceptors (Lipinski definition) is 8. The molecule has 4 aliphatic rings. The van der Waals surface area contributed by atoms with Crippen LogP contribution in [0, 0.1) is 5.92 Å². The van der Waals surface area contributed by atoms with E-state index in [1.54, 1.807) is 38.1 Å². The second kappa shape index (κ2) is 15.8. The first-order chi connectivity index (χ1) is 23.4. The third-order valence-electron chi connectivity index (χ3n) is 9.19. The molecule has 4 aliphatic heterocycles. The number of ether oxygens (including phenoxy) is 3. The van der Waals surface area contributed by atoms with Gasteiger partial charge in [0.1, 0.15) is 35.2 Å². The minimum atomic E-state index is -1.03. The highest BCUT2D eigenvalue weighted by Crippen LogP contribution is 2.30. The predicted octanol–water partition coefficient (Wildman–Crippen LogP) is 2.96. The van der Waals surface area contributed by atoms with E-state index in [1.807, 2.05) is 38.1 Å². The molecule has 0 unspecified atom stereocenters. The van der Waals surface area contributed by atoms with Crippen molar-refractivity contribution in [3.8, 4) is 11.5 Å². The number of hydrogen-bond donors (Lipinski definition) is 3. The van der Waals surface area contributed by atoms with E-state index in [0.29, 0.717) is 75.5 Å². The Morgan fingerprint density at radius 2 is 1.67 bits per heavy atom. The summed E-state index contributed by atoms with van der Waals surface area (Å²) in [6, 6.07) is 10.6. The maximum absolute atomic E-state index is 13.9. The number of epoxide rings is 1. The highest BCUT2D eigenvalue weighted by molar-refractivity contribution is 6.01. The summed E-state index contributed by atoms with van der Waals surface area (Å²) in [7, 11) is 0. The van der Waals surface area contributed by atoms with Crippen LogP contribution in [0.2, 0.25) is 0 Å². The van der Waals surface area contributed by atoms with Crippen LogP contribution in [0.15, 0.2) is 48.5 Å². The van der Waals surface area contributed by atoms with Crippen LogP contribution in [0.25, 0.3) is 0 Å². The van der Waals surface area contributed by atoms with Crippen molar-refractivity contribution >= 4 is 29.4 Å². The molecule has 2 aromatic carbocycles. The van der Waals surface area contributed by atoms with Gasteiger partial charge in [0.25, 0.3) is 5.91 Å². The number of nitrogens with zero attached hydrogens (tertiary/aromatic N) is 1. The molecule has 0 spiro atoms. The molecule has 6 rings (SSSR count). The van der Waals surface area contributed by atoms with Crippen LogP contribution in [0.5, 0.6) is 11.5 Å². The van der Waals surface area contributed by atoms with Gasteiger partial charge < -0.3 is 35.1 Å². The molecule has 4 amide bonds.